The van der Waals surface area contributed by atoms with Gasteiger partial charge in [-0.05, 0) is 37.0 Å². The first kappa shape index (κ1) is 23.0. The van der Waals surface area contributed by atoms with Crippen molar-refractivity contribution in [2.24, 2.45) is 5.92 Å². The standard InChI is InChI=1S/C23H25F3N4O3/c1-3-15-6-9-18(10-15)29-12-19(31)30(11-16-4-7-17(8-5-16)23(24,25)26)22(20(29)32)13-28(14-22)21(33)27-2/h1,4-5,7-8,15,18H,6,9-14H2,2H3,(H,27,33). The van der Waals surface area contributed by atoms with Gasteiger partial charge < -0.3 is 20.0 Å². The molecule has 1 aliphatic carbocycles. The molecule has 1 aromatic rings. The monoisotopic (exact) mass is 462 g/mol. The van der Waals surface area contributed by atoms with Crippen LogP contribution in [0.25, 0.3) is 0 Å². The van der Waals surface area contributed by atoms with E-state index in [1.54, 1.807) is 4.90 Å². The van der Waals surface area contributed by atoms with Crippen molar-refractivity contribution in [1.82, 2.24) is 20.0 Å². The molecule has 33 heavy (non-hydrogen) atoms. The number of alkyl halides is 3. The molecule has 0 radical (unpaired) electrons. The molecule has 7 nitrogen and oxygen atoms in total. The maximum absolute atomic E-state index is 13.7. The van der Waals surface area contributed by atoms with Crippen LogP contribution in [-0.4, -0.2) is 70.8 Å². The molecular weight excluding hydrogens is 437 g/mol. The van der Waals surface area contributed by atoms with E-state index >= 15 is 0 Å². The van der Waals surface area contributed by atoms with Crippen LogP contribution in [0.4, 0.5) is 18.0 Å². The molecule has 0 bridgehead atoms. The number of hydrogen-bond donors (Lipinski definition) is 1. The molecule has 2 aliphatic heterocycles. The summed E-state index contributed by atoms with van der Waals surface area (Å²) in [4.78, 5) is 43.4. The molecular formula is C23H25F3N4O3. The van der Waals surface area contributed by atoms with Crippen molar-refractivity contribution in [2.45, 2.75) is 43.6 Å². The van der Waals surface area contributed by atoms with Gasteiger partial charge in [0, 0.05) is 25.6 Å². The zero-order chi connectivity index (χ0) is 24.0. The van der Waals surface area contributed by atoms with E-state index in [4.69, 9.17) is 6.42 Å². The van der Waals surface area contributed by atoms with Crippen molar-refractivity contribution in [3.05, 3.63) is 35.4 Å². The van der Waals surface area contributed by atoms with Crippen molar-refractivity contribution in [3.63, 3.8) is 0 Å². The Hall–Kier alpha value is -3.22. The highest BCUT2D eigenvalue weighted by Gasteiger charge is 2.61. The number of benzene rings is 1. The fourth-order valence-corrected chi connectivity index (χ4v) is 5.03. The van der Waals surface area contributed by atoms with Crippen molar-refractivity contribution in [3.8, 4) is 12.3 Å². The summed E-state index contributed by atoms with van der Waals surface area (Å²) in [5.74, 6) is 2.24. The van der Waals surface area contributed by atoms with Crippen LogP contribution < -0.4 is 5.32 Å². The van der Waals surface area contributed by atoms with Crippen LogP contribution in [0.2, 0.25) is 0 Å². The number of amides is 4. The Labute approximate surface area is 189 Å². The lowest BCUT2D eigenvalue weighted by Crippen LogP contribution is -2.82. The molecule has 2 saturated heterocycles. The molecule has 3 aliphatic rings. The van der Waals surface area contributed by atoms with Gasteiger partial charge in [0.15, 0.2) is 5.54 Å². The molecule has 0 aromatic heterocycles. The second-order valence-electron chi connectivity index (χ2n) is 8.88. The van der Waals surface area contributed by atoms with Crippen LogP contribution in [0.1, 0.15) is 30.4 Å². The highest BCUT2D eigenvalue weighted by Crippen LogP contribution is 2.39. The number of likely N-dealkylation sites (tertiary alicyclic amines) is 1. The van der Waals surface area contributed by atoms with Crippen LogP contribution in [0.5, 0.6) is 0 Å². The summed E-state index contributed by atoms with van der Waals surface area (Å²) >= 11 is 0. The van der Waals surface area contributed by atoms with Crippen LogP contribution in [0.15, 0.2) is 24.3 Å². The minimum absolute atomic E-state index is 0.0181. The maximum Gasteiger partial charge on any atom is 0.416 e. The smallest absolute Gasteiger partial charge is 0.341 e. The molecule has 1 aromatic carbocycles. The molecule has 1 N–H and O–H groups in total. The minimum Gasteiger partial charge on any atom is -0.341 e. The van der Waals surface area contributed by atoms with Gasteiger partial charge >= 0.3 is 12.2 Å². The molecule has 176 valence electrons. The number of rotatable bonds is 3. The number of carbonyl (C=O) groups is 3. The average molecular weight is 462 g/mol. The molecule has 2 heterocycles. The normalized spacial score (nSPS) is 24.6. The minimum atomic E-state index is -4.46. The van der Waals surface area contributed by atoms with E-state index in [9.17, 15) is 27.6 Å². The lowest BCUT2D eigenvalue weighted by molar-refractivity contribution is -0.179. The van der Waals surface area contributed by atoms with Crippen molar-refractivity contribution < 1.29 is 27.6 Å². The zero-order valence-electron chi connectivity index (χ0n) is 18.2. The van der Waals surface area contributed by atoms with Gasteiger partial charge in [-0.15, -0.1) is 12.3 Å². The average Bonchev–Trinajstić information content (AvgIpc) is 3.23. The van der Waals surface area contributed by atoms with Gasteiger partial charge in [-0.1, -0.05) is 12.1 Å². The first-order chi connectivity index (χ1) is 15.6. The second-order valence-corrected chi connectivity index (χ2v) is 8.88. The summed E-state index contributed by atoms with van der Waals surface area (Å²) in [6.45, 7) is -0.0712. The number of nitrogens with zero attached hydrogens (tertiary/aromatic N) is 3. The first-order valence-electron chi connectivity index (χ1n) is 10.8. The molecule has 10 heteroatoms. The Balaban J connectivity index is 1.59. The predicted molar refractivity (Wildman–Crippen MR) is 112 cm³/mol. The maximum atomic E-state index is 13.7. The predicted octanol–water partition coefficient (Wildman–Crippen LogP) is 2.07. The Kier molecular flexibility index (Phi) is 5.76. The van der Waals surface area contributed by atoms with E-state index in [1.165, 1.54) is 29.0 Å². The van der Waals surface area contributed by atoms with Crippen molar-refractivity contribution in [2.75, 3.05) is 26.7 Å². The van der Waals surface area contributed by atoms with Gasteiger partial charge in [-0.25, -0.2) is 4.79 Å². The summed E-state index contributed by atoms with van der Waals surface area (Å²) in [5.41, 5.74) is -1.55. The van der Waals surface area contributed by atoms with E-state index in [-0.39, 0.29) is 56.0 Å². The van der Waals surface area contributed by atoms with Crippen molar-refractivity contribution >= 4 is 17.8 Å². The van der Waals surface area contributed by atoms with E-state index < -0.39 is 17.3 Å². The number of urea groups is 1. The van der Waals surface area contributed by atoms with Gasteiger partial charge in [0.25, 0.3) is 5.91 Å². The second kappa shape index (κ2) is 8.28. The zero-order valence-corrected chi connectivity index (χ0v) is 18.2. The molecule has 1 spiro atoms. The third-order valence-corrected chi connectivity index (χ3v) is 6.89. The fraction of sp³-hybridized carbons (Fsp3) is 0.522. The molecule has 2 atom stereocenters. The lowest BCUT2D eigenvalue weighted by atomic mass is 9.82. The number of halogens is 3. The Morgan fingerprint density at radius 1 is 1.21 bits per heavy atom. The third kappa shape index (κ3) is 4.01. The number of terminal acetylenes is 1. The highest BCUT2D eigenvalue weighted by molar-refractivity contribution is 6.00. The largest absolute Gasteiger partial charge is 0.416 e. The SMILES string of the molecule is C#CC1CCC(N2CC(=O)N(Cc3ccc(C(F)(F)F)cc3)C3(CN(C(=O)NC)C3)C2=O)C1. The van der Waals surface area contributed by atoms with E-state index in [1.807, 2.05) is 0 Å². The fourth-order valence-electron chi connectivity index (χ4n) is 5.03. The Morgan fingerprint density at radius 2 is 1.88 bits per heavy atom. The van der Waals surface area contributed by atoms with Gasteiger partial charge in [-0.3, -0.25) is 9.59 Å². The quantitative estimate of drug-likeness (QED) is 0.700. The van der Waals surface area contributed by atoms with Crippen LogP contribution >= 0.6 is 0 Å². The van der Waals surface area contributed by atoms with Gasteiger partial charge in [0.05, 0.1) is 18.7 Å². The number of hydrogen-bond acceptors (Lipinski definition) is 3. The first-order valence-corrected chi connectivity index (χ1v) is 10.8. The van der Waals surface area contributed by atoms with Gasteiger partial charge in [-0.2, -0.15) is 13.2 Å². The van der Waals surface area contributed by atoms with E-state index in [2.05, 4.69) is 11.2 Å². The molecule has 4 amide bonds. The van der Waals surface area contributed by atoms with E-state index in [0.717, 1.165) is 18.6 Å². The topological polar surface area (TPSA) is 73.0 Å². The van der Waals surface area contributed by atoms with E-state index in [0.29, 0.717) is 18.4 Å². The third-order valence-electron chi connectivity index (χ3n) is 6.89. The molecule has 1 saturated carbocycles. The summed E-state index contributed by atoms with van der Waals surface area (Å²) in [7, 11) is 1.48. The van der Waals surface area contributed by atoms with Crippen LogP contribution in [0, 0.1) is 18.3 Å². The summed E-state index contributed by atoms with van der Waals surface area (Å²) in [6.07, 6.45) is 3.20. The summed E-state index contributed by atoms with van der Waals surface area (Å²) in [6, 6.07) is 4.04. The van der Waals surface area contributed by atoms with Gasteiger partial charge in [0.2, 0.25) is 5.91 Å². The number of piperazine rings is 1. The van der Waals surface area contributed by atoms with Gasteiger partial charge in [0.1, 0.15) is 6.54 Å². The number of carbonyl (C=O) groups excluding carboxylic acids is 3. The van der Waals surface area contributed by atoms with Crippen LogP contribution in [-0.2, 0) is 22.3 Å². The molecule has 4 rings (SSSR count). The Bertz CT molecular complexity index is 996. The summed E-state index contributed by atoms with van der Waals surface area (Å²) in [5, 5.41) is 2.51. The van der Waals surface area contributed by atoms with Crippen molar-refractivity contribution in [1.29, 1.82) is 0 Å². The molecule has 2 unspecified atom stereocenters. The summed E-state index contributed by atoms with van der Waals surface area (Å²) < 4.78 is 38.7. The highest BCUT2D eigenvalue weighted by atomic mass is 19.4. The van der Waals surface area contributed by atoms with Crippen LogP contribution in [0.3, 0.4) is 0 Å². The lowest BCUT2D eigenvalue weighted by Gasteiger charge is -2.58. The Morgan fingerprint density at radius 3 is 2.42 bits per heavy atom. The number of nitrogens with one attached hydrogen (secondary N) is 1. The molecule has 3 fully saturated rings.